The van der Waals surface area contributed by atoms with Gasteiger partial charge in [-0.25, -0.2) is 4.79 Å². The zero-order chi connectivity index (χ0) is 16.2. The summed E-state index contributed by atoms with van der Waals surface area (Å²) in [6.07, 6.45) is 5.24. The Labute approximate surface area is 133 Å². The van der Waals surface area contributed by atoms with E-state index in [1.165, 1.54) is 5.56 Å². The van der Waals surface area contributed by atoms with Crippen molar-refractivity contribution in [1.82, 2.24) is 10.2 Å². The van der Waals surface area contributed by atoms with Crippen molar-refractivity contribution < 1.29 is 13.9 Å². The predicted molar refractivity (Wildman–Crippen MR) is 85.8 cm³/mol. The van der Waals surface area contributed by atoms with Crippen molar-refractivity contribution >= 4 is 6.09 Å². The number of likely N-dealkylation sites (tertiary alicyclic amines) is 1. The van der Waals surface area contributed by atoms with Crippen LogP contribution < -0.4 is 5.32 Å². The Kier molecular flexibility index (Phi) is 5.51. The predicted octanol–water partition coefficient (Wildman–Crippen LogP) is 3.06. The Morgan fingerprint density at radius 3 is 2.91 bits per heavy atom. The number of carbonyl (C=O) groups is 1. The van der Waals surface area contributed by atoms with E-state index in [-0.39, 0.29) is 6.09 Å². The van der Waals surface area contributed by atoms with E-state index in [1.54, 1.807) is 12.5 Å². The van der Waals surface area contributed by atoms with Crippen LogP contribution in [0.4, 0.5) is 4.79 Å². The Morgan fingerprint density at radius 2 is 2.32 bits per heavy atom. The maximum Gasteiger partial charge on any atom is 0.410 e. The summed E-state index contributed by atoms with van der Waals surface area (Å²) in [6, 6.07) is 2.36. The molecule has 0 bridgehead atoms. The molecule has 1 aliphatic rings. The molecule has 0 saturated carbocycles. The van der Waals surface area contributed by atoms with E-state index >= 15 is 0 Å². The van der Waals surface area contributed by atoms with E-state index in [4.69, 9.17) is 9.15 Å². The number of nitrogens with one attached hydrogen (secondary N) is 1. The molecule has 2 rings (SSSR count). The van der Waals surface area contributed by atoms with E-state index < -0.39 is 5.60 Å². The third kappa shape index (κ3) is 4.77. The molecule has 0 radical (unpaired) electrons. The molecule has 2 unspecified atom stereocenters. The van der Waals surface area contributed by atoms with Crippen LogP contribution in [0.25, 0.3) is 0 Å². The second-order valence-electron chi connectivity index (χ2n) is 6.98. The van der Waals surface area contributed by atoms with E-state index in [0.717, 1.165) is 32.5 Å². The number of hydrogen-bond acceptors (Lipinski definition) is 4. The molecule has 1 N–H and O–H groups in total. The third-order valence-electron chi connectivity index (χ3n) is 3.95. The fourth-order valence-electron chi connectivity index (χ4n) is 2.94. The molecule has 1 fully saturated rings. The van der Waals surface area contributed by atoms with Gasteiger partial charge < -0.3 is 19.4 Å². The standard InChI is InChI=1S/C17H28N2O3/c1-5-18-15(10-13-7-9-21-12-13)14-6-8-19(11-14)16(20)22-17(2,3)4/h7,9,12,14-15,18H,5-6,8,10-11H2,1-4H3. The number of carbonyl (C=O) groups excluding carboxylic acids is 1. The van der Waals surface area contributed by atoms with Crippen molar-refractivity contribution in [2.75, 3.05) is 19.6 Å². The smallest absolute Gasteiger partial charge is 0.410 e. The highest BCUT2D eigenvalue weighted by molar-refractivity contribution is 5.68. The van der Waals surface area contributed by atoms with Crippen LogP contribution in [0.1, 0.15) is 39.7 Å². The van der Waals surface area contributed by atoms with Gasteiger partial charge in [0, 0.05) is 19.1 Å². The third-order valence-corrected chi connectivity index (χ3v) is 3.95. The molecule has 5 nitrogen and oxygen atoms in total. The molecule has 1 aromatic heterocycles. The summed E-state index contributed by atoms with van der Waals surface area (Å²) in [5, 5.41) is 3.55. The summed E-state index contributed by atoms with van der Waals surface area (Å²) in [4.78, 5) is 14.0. The minimum absolute atomic E-state index is 0.200. The van der Waals surface area contributed by atoms with Crippen LogP contribution in [0.15, 0.2) is 23.0 Å². The normalized spacial score (nSPS) is 20.2. The monoisotopic (exact) mass is 308 g/mol. The highest BCUT2D eigenvalue weighted by Crippen LogP contribution is 2.24. The lowest BCUT2D eigenvalue weighted by Crippen LogP contribution is -2.41. The van der Waals surface area contributed by atoms with E-state index in [9.17, 15) is 4.79 Å². The minimum Gasteiger partial charge on any atom is -0.472 e. The van der Waals surface area contributed by atoms with E-state index in [1.807, 2.05) is 31.7 Å². The van der Waals surface area contributed by atoms with Gasteiger partial charge in [0.25, 0.3) is 0 Å². The van der Waals surface area contributed by atoms with Crippen molar-refractivity contribution in [3.63, 3.8) is 0 Å². The Morgan fingerprint density at radius 1 is 1.55 bits per heavy atom. The molecule has 2 heterocycles. The van der Waals surface area contributed by atoms with Gasteiger partial charge in [0.2, 0.25) is 0 Å². The molecule has 2 atom stereocenters. The van der Waals surface area contributed by atoms with Crippen LogP contribution in [0.3, 0.4) is 0 Å². The van der Waals surface area contributed by atoms with Gasteiger partial charge in [0.05, 0.1) is 12.5 Å². The van der Waals surface area contributed by atoms with Crippen molar-refractivity contribution in [1.29, 1.82) is 0 Å². The fourth-order valence-corrected chi connectivity index (χ4v) is 2.94. The number of nitrogens with zero attached hydrogens (tertiary/aromatic N) is 1. The van der Waals surface area contributed by atoms with Crippen molar-refractivity contribution in [3.8, 4) is 0 Å². The van der Waals surface area contributed by atoms with Crippen molar-refractivity contribution in [3.05, 3.63) is 24.2 Å². The van der Waals surface area contributed by atoms with Gasteiger partial charge in [-0.15, -0.1) is 0 Å². The number of hydrogen-bond donors (Lipinski definition) is 1. The van der Waals surface area contributed by atoms with Gasteiger partial charge in [0.15, 0.2) is 0 Å². The number of ether oxygens (including phenoxy) is 1. The first kappa shape index (κ1) is 16.9. The molecule has 5 heteroatoms. The molecule has 22 heavy (non-hydrogen) atoms. The lowest BCUT2D eigenvalue weighted by atomic mass is 9.93. The zero-order valence-corrected chi connectivity index (χ0v) is 14.1. The van der Waals surface area contributed by atoms with Gasteiger partial charge in [-0.3, -0.25) is 0 Å². The average molecular weight is 308 g/mol. The van der Waals surface area contributed by atoms with Gasteiger partial charge in [-0.2, -0.15) is 0 Å². The van der Waals surface area contributed by atoms with Crippen LogP contribution in [0.2, 0.25) is 0 Å². The van der Waals surface area contributed by atoms with Crippen LogP contribution in [0, 0.1) is 5.92 Å². The fraction of sp³-hybridized carbons (Fsp3) is 0.706. The first-order chi connectivity index (χ1) is 10.4. The van der Waals surface area contributed by atoms with Gasteiger partial charge in [-0.05, 0) is 57.7 Å². The SMILES string of the molecule is CCNC(Cc1ccoc1)C1CCN(C(=O)OC(C)(C)C)C1. The first-order valence-electron chi connectivity index (χ1n) is 8.11. The summed E-state index contributed by atoms with van der Waals surface area (Å²) in [5.74, 6) is 0.447. The highest BCUT2D eigenvalue weighted by Gasteiger charge is 2.33. The van der Waals surface area contributed by atoms with Gasteiger partial charge >= 0.3 is 6.09 Å². The van der Waals surface area contributed by atoms with Crippen LogP contribution in [0.5, 0.6) is 0 Å². The Balaban J connectivity index is 1.92. The maximum atomic E-state index is 12.2. The van der Waals surface area contributed by atoms with Crippen LogP contribution >= 0.6 is 0 Å². The second kappa shape index (κ2) is 7.18. The van der Waals surface area contributed by atoms with Crippen LogP contribution in [-0.2, 0) is 11.2 Å². The maximum absolute atomic E-state index is 12.2. The Hall–Kier alpha value is -1.49. The first-order valence-corrected chi connectivity index (χ1v) is 8.11. The second-order valence-corrected chi connectivity index (χ2v) is 6.98. The molecule has 0 aromatic carbocycles. The molecule has 1 saturated heterocycles. The topological polar surface area (TPSA) is 54.7 Å². The highest BCUT2D eigenvalue weighted by atomic mass is 16.6. The lowest BCUT2D eigenvalue weighted by molar-refractivity contribution is 0.0285. The van der Waals surface area contributed by atoms with Crippen LogP contribution in [-0.4, -0.2) is 42.3 Å². The summed E-state index contributed by atoms with van der Waals surface area (Å²) in [7, 11) is 0. The largest absolute Gasteiger partial charge is 0.472 e. The average Bonchev–Trinajstić information content (AvgIpc) is 3.07. The van der Waals surface area contributed by atoms with E-state index in [0.29, 0.717) is 12.0 Å². The molecule has 1 amide bonds. The number of likely N-dealkylation sites (N-methyl/N-ethyl adjacent to an activating group) is 1. The molecule has 124 valence electrons. The number of amides is 1. The summed E-state index contributed by atoms with van der Waals surface area (Å²) >= 11 is 0. The summed E-state index contributed by atoms with van der Waals surface area (Å²) in [5.41, 5.74) is 0.759. The number of furan rings is 1. The van der Waals surface area contributed by atoms with Crippen molar-refractivity contribution in [2.45, 2.75) is 52.2 Å². The van der Waals surface area contributed by atoms with Gasteiger partial charge in [0.1, 0.15) is 5.60 Å². The zero-order valence-electron chi connectivity index (χ0n) is 14.1. The molecule has 0 spiro atoms. The van der Waals surface area contributed by atoms with Crippen molar-refractivity contribution in [2.24, 2.45) is 5.92 Å². The van der Waals surface area contributed by atoms with E-state index in [2.05, 4.69) is 12.2 Å². The number of rotatable bonds is 5. The quantitative estimate of drug-likeness (QED) is 0.908. The summed E-state index contributed by atoms with van der Waals surface area (Å²) < 4.78 is 10.6. The molecular weight excluding hydrogens is 280 g/mol. The molecule has 1 aliphatic heterocycles. The molecule has 1 aromatic rings. The summed E-state index contributed by atoms with van der Waals surface area (Å²) in [6.45, 7) is 10.3. The molecule has 0 aliphatic carbocycles. The Bertz CT molecular complexity index is 465. The molecular formula is C17H28N2O3. The van der Waals surface area contributed by atoms with Gasteiger partial charge in [-0.1, -0.05) is 6.92 Å². The minimum atomic E-state index is -0.437. The lowest BCUT2D eigenvalue weighted by Gasteiger charge is -2.26.